The summed E-state index contributed by atoms with van der Waals surface area (Å²) in [5.41, 5.74) is 1.09. The third-order valence-corrected chi connectivity index (χ3v) is 2.33. The molecule has 0 radical (unpaired) electrons. The zero-order valence-corrected chi connectivity index (χ0v) is 9.85. The third kappa shape index (κ3) is 3.49. The lowest BCUT2D eigenvalue weighted by Crippen LogP contribution is -2.06. The minimum Gasteiger partial charge on any atom is -0.369 e. The van der Waals surface area contributed by atoms with E-state index in [0.29, 0.717) is 25.3 Å². The molecule has 0 fully saturated rings. The number of aromatic nitrogens is 3. The summed E-state index contributed by atoms with van der Waals surface area (Å²) in [6, 6.07) is 7.84. The Balaban J connectivity index is 1.88. The van der Waals surface area contributed by atoms with Crippen molar-refractivity contribution in [3.8, 4) is 6.07 Å². The van der Waals surface area contributed by atoms with Crippen LogP contribution in [0.3, 0.4) is 0 Å². The molecule has 18 heavy (non-hydrogen) atoms. The molecule has 0 unspecified atom stereocenters. The summed E-state index contributed by atoms with van der Waals surface area (Å²) in [6.45, 7) is 1.27. The maximum Gasteiger partial charge on any atom is 0.131 e. The number of aromatic amines is 1. The van der Waals surface area contributed by atoms with E-state index in [1.54, 1.807) is 0 Å². The monoisotopic (exact) mass is 242 g/mol. The molecule has 2 aromatic heterocycles. The van der Waals surface area contributed by atoms with E-state index in [0.717, 1.165) is 11.5 Å². The van der Waals surface area contributed by atoms with E-state index in [1.807, 2.05) is 24.4 Å². The Bertz CT molecular complexity index is 514. The van der Waals surface area contributed by atoms with Crippen molar-refractivity contribution in [3.05, 3.63) is 36.4 Å². The van der Waals surface area contributed by atoms with Crippen LogP contribution in [-0.2, 0) is 6.54 Å². The van der Waals surface area contributed by atoms with Crippen LogP contribution < -0.4 is 10.6 Å². The van der Waals surface area contributed by atoms with Crippen molar-refractivity contribution in [2.45, 2.75) is 13.0 Å². The van der Waals surface area contributed by atoms with E-state index >= 15 is 0 Å². The molecule has 2 aromatic rings. The van der Waals surface area contributed by atoms with Gasteiger partial charge in [-0.25, -0.2) is 9.97 Å². The Morgan fingerprint density at radius 1 is 1.28 bits per heavy atom. The van der Waals surface area contributed by atoms with Gasteiger partial charge in [-0.1, -0.05) is 0 Å². The number of nitriles is 1. The Labute approximate surface area is 105 Å². The van der Waals surface area contributed by atoms with E-state index in [9.17, 15) is 0 Å². The normalized spacial score (nSPS) is 9.72. The summed E-state index contributed by atoms with van der Waals surface area (Å²) in [7, 11) is 0. The van der Waals surface area contributed by atoms with Gasteiger partial charge < -0.3 is 15.6 Å². The largest absolute Gasteiger partial charge is 0.369 e. The van der Waals surface area contributed by atoms with Crippen LogP contribution in [0.2, 0.25) is 0 Å². The molecule has 0 saturated carbocycles. The summed E-state index contributed by atoms with van der Waals surface area (Å²) < 4.78 is 0. The molecule has 6 heteroatoms. The van der Waals surface area contributed by atoms with Gasteiger partial charge in [0, 0.05) is 24.5 Å². The van der Waals surface area contributed by atoms with Crippen LogP contribution in [0.1, 0.15) is 12.1 Å². The quantitative estimate of drug-likeness (QED) is 0.671. The second-order valence-corrected chi connectivity index (χ2v) is 3.67. The van der Waals surface area contributed by atoms with Crippen molar-refractivity contribution >= 4 is 11.6 Å². The second kappa shape index (κ2) is 6.25. The van der Waals surface area contributed by atoms with Crippen LogP contribution in [0.25, 0.3) is 0 Å². The third-order valence-electron chi connectivity index (χ3n) is 2.33. The predicted molar refractivity (Wildman–Crippen MR) is 68.9 cm³/mol. The van der Waals surface area contributed by atoms with Crippen molar-refractivity contribution in [1.82, 2.24) is 15.0 Å². The lowest BCUT2D eigenvalue weighted by molar-refractivity contribution is 1.02. The second-order valence-electron chi connectivity index (χ2n) is 3.67. The fourth-order valence-electron chi connectivity index (χ4n) is 1.46. The summed E-state index contributed by atoms with van der Waals surface area (Å²) in [5, 5.41) is 14.7. The Morgan fingerprint density at radius 3 is 2.83 bits per heavy atom. The van der Waals surface area contributed by atoms with Crippen LogP contribution in [-0.4, -0.2) is 21.5 Å². The molecule has 0 bridgehead atoms. The first-order valence-electron chi connectivity index (χ1n) is 5.67. The number of nitrogens with zero attached hydrogens (tertiary/aromatic N) is 3. The topological polar surface area (TPSA) is 89.4 Å². The zero-order chi connectivity index (χ0) is 12.6. The van der Waals surface area contributed by atoms with Gasteiger partial charge in [-0.15, -0.1) is 0 Å². The highest BCUT2D eigenvalue weighted by molar-refractivity contribution is 5.46. The van der Waals surface area contributed by atoms with Gasteiger partial charge in [0.25, 0.3) is 0 Å². The fraction of sp³-hybridized carbons (Fsp3) is 0.250. The van der Waals surface area contributed by atoms with Crippen molar-refractivity contribution < 1.29 is 0 Å². The molecule has 2 heterocycles. The number of anilines is 2. The number of hydrogen-bond acceptors (Lipinski definition) is 5. The average Bonchev–Trinajstić information content (AvgIpc) is 2.90. The van der Waals surface area contributed by atoms with Crippen LogP contribution in [0, 0.1) is 11.3 Å². The summed E-state index contributed by atoms with van der Waals surface area (Å²) in [6.07, 6.45) is 3.83. The van der Waals surface area contributed by atoms with E-state index < -0.39 is 0 Å². The summed E-state index contributed by atoms with van der Waals surface area (Å²) in [5.74, 6) is 1.47. The highest BCUT2D eigenvalue weighted by Gasteiger charge is 1.98. The van der Waals surface area contributed by atoms with Crippen molar-refractivity contribution in [1.29, 1.82) is 5.26 Å². The molecule has 0 aliphatic rings. The molecular weight excluding hydrogens is 228 g/mol. The van der Waals surface area contributed by atoms with Gasteiger partial charge in [-0.2, -0.15) is 5.26 Å². The van der Waals surface area contributed by atoms with E-state index in [4.69, 9.17) is 5.26 Å². The highest BCUT2D eigenvalue weighted by Crippen LogP contribution is 2.09. The number of nitrogens with one attached hydrogen (secondary N) is 3. The van der Waals surface area contributed by atoms with E-state index in [2.05, 4.69) is 31.7 Å². The van der Waals surface area contributed by atoms with Gasteiger partial charge in [-0.05, 0) is 12.1 Å². The van der Waals surface area contributed by atoms with Crippen LogP contribution in [0.5, 0.6) is 0 Å². The van der Waals surface area contributed by atoms with Gasteiger partial charge in [0.15, 0.2) is 0 Å². The molecule has 0 aliphatic heterocycles. The maximum atomic E-state index is 8.45. The Morgan fingerprint density at radius 2 is 2.11 bits per heavy atom. The van der Waals surface area contributed by atoms with Crippen LogP contribution in [0.4, 0.5) is 11.6 Å². The lowest BCUT2D eigenvalue weighted by atomic mass is 10.4. The number of hydrogen-bond donors (Lipinski definition) is 3. The van der Waals surface area contributed by atoms with Gasteiger partial charge >= 0.3 is 0 Å². The van der Waals surface area contributed by atoms with Gasteiger partial charge in [0.2, 0.25) is 0 Å². The molecule has 6 nitrogen and oxygen atoms in total. The number of H-pyrrole nitrogens is 1. The fourth-order valence-corrected chi connectivity index (χ4v) is 1.46. The maximum absolute atomic E-state index is 8.45. The predicted octanol–water partition coefficient (Wildman–Crippen LogP) is 1.74. The van der Waals surface area contributed by atoms with Gasteiger partial charge in [-0.3, -0.25) is 0 Å². The first-order valence-corrected chi connectivity index (χ1v) is 5.67. The standard InChI is InChI=1S/C12H14N6/c13-4-2-6-15-11-7-12(18-9-17-11)16-8-10-3-1-5-14-10/h1,3,5,7,9,14H,2,6,8H2,(H2,15,16,17,18). The highest BCUT2D eigenvalue weighted by atomic mass is 15.1. The lowest BCUT2D eigenvalue weighted by Gasteiger charge is -2.06. The zero-order valence-electron chi connectivity index (χ0n) is 9.85. The molecule has 0 aliphatic carbocycles. The minimum absolute atomic E-state index is 0.454. The molecule has 0 amide bonds. The molecule has 3 N–H and O–H groups in total. The van der Waals surface area contributed by atoms with Crippen LogP contribution >= 0.6 is 0 Å². The van der Waals surface area contributed by atoms with Crippen LogP contribution in [0.15, 0.2) is 30.7 Å². The van der Waals surface area contributed by atoms with Crippen molar-refractivity contribution in [3.63, 3.8) is 0 Å². The van der Waals surface area contributed by atoms with Gasteiger partial charge in [0.1, 0.15) is 18.0 Å². The molecule has 0 spiro atoms. The first kappa shape index (κ1) is 11.9. The van der Waals surface area contributed by atoms with Crippen molar-refractivity contribution in [2.75, 3.05) is 17.2 Å². The Kier molecular flexibility index (Phi) is 4.14. The number of rotatable bonds is 6. The minimum atomic E-state index is 0.454. The van der Waals surface area contributed by atoms with Gasteiger partial charge in [0.05, 0.1) is 19.0 Å². The SMILES string of the molecule is N#CCCNc1cc(NCc2ccc[nH]2)ncn1. The average molecular weight is 242 g/mol. The molecule has 0 aromatic carbocycles. The van der Waals surface area contributed by atoms with Crippen molar-refractivity contribution in [2.24, 2.45) is 0 Å². The molecule has 0 saturated heterocycles. The first-order chi connectivity index (χ1) is 8.88. The van der Waals surface area contributed by atoms with E-state index in [-0.39, 0.29) is 0 Å². The smallest absolute Gasteiger partial charge is 0.131 e. The van der Waals surface area contributed by atoms with E-state index in [1.165, 1.54) is 6.33 Å². The molecule has 2 rings (SSSR count). The Hall–Kier alpha value is -2.55. The molecular formula is C12H14N6. The summed E-state index contributed by atoms with van der Waals surface area (Å²) >= 11 is 0. The molecule has 0 atom stereocenters. The summed E-state index contributed by atoms with van der Waals surface area (Å²) in [4.78, 5) is 11.3. The molecule has 92 valence electrons.